The summed E-state index contributed by atoms with van der Waals surface area (Å²) in [6, 6.07) is 7.44. The van der Waals surface area contributed by atoms with E-state index in [4.69, 9.17) is 9.47 Å². The Bertz CT molecular complexity index is 427. The first-order chi connectivity index (χ1) is 9.81. The third-order valence-corrected chi connectivity index (χ3v) is 3.81. The van der Waals surface area contributed by atoms with Gasteiger partial charge in [-0.15, -0.1) is 0 Å². The molecule has 0 spiro atoms. The molecule has 1 heterocycles. The fourth-order valence-corrected chi connectivity index (χ4v) is 2.56. The Morgan fingerprint density at radius 2 is 2.05 bits per heavy atom. The zero-order valence-corrected chi connectivity index (χ0v) is 12.1. The molecule has 1 aliphatic rings. The summed E-state index contributed by atoms with van der Waals surface area (Å²) in [5.41, 5.74) is 1.49. The van der Waals surface area contributed by atoms with Gasteiger partial charge in [0, 0.05) is 6.61 Å². The van der Waals surface area contributed by atoms with Crippen molar-refractivity contribution in [1.29, 1.82) is 0 Å². The van der Waals surface area contributed by atoms with Crippen LogP contribution in [0, 0.1) is 5.92 Å². The molecule has 0 bridgehead atoms. The van der Waals surface area contributed by atoms with Gasteiger partial charge in [-0.05, 0) is 49.9 Å². The molecule has 4 heteroatoms. The molecule has 0 aliphatic carbocycles. The average molecular weight is 277 g/mol. The molecule has 0 amide bonds. The molecular formula is C16H23NO3. The lowest BCUT2D eigenvalue weighted by atomic mass is 9.95. The minimum absolute atomic E-state index is 0.303. The zero-order valence-electron chi connectivity index (χ0n) is 12.1. The van der Waals surface area contributed by atoms with Crippen molar-refractivity contribution >= 4 is 5.97 Å². The molecule has 1 fully saturated rings. The number of nitrogens with one attached hydrogen (secondary N) is 1. The molecule has 110 valence electrons. The molecule has 0 atom stereocenters. The van der Waals surface area contributed by atoms with E-state index in [1.807, 2.05) is 18.2 Å². The van der Waals surface area contributed by atoms with Crippen molar-refractivity contribution in [1.82, 2.24) is 5.32 Å². The Hall–Kier alpha value is -1.39. The monoisotopic (exact) mass is 277 g/mol. The van der Waals surface area contributed by atoms with Crippen LogP contribution in [-0.2, 0) is 16.1 Å². The van der Waals surface area contributed by atoms with Crippen molar-refractivity contribution in [3.8, 4) is 0 Å². The van der Waals surface area contributed by atoms with Gasteiger partial charge in [-0.2, -0.15) is 0 Å². The van der Waals surface area contributed by atoms with Crippen molar-refractivity contribution in [2.24, 2.45) is 5.92 Å². The number of carbonyl (C=O) groups is 1. The molecule has 1 aromatic rings. The number of ether oxygens (including phenoxy) is 2. The molecule has 0 saturated carbocycles. The van der Waals surface area contributed by atoms with Gasteiger partial charge in [0.25, 0.3) is 0 Å². The van der Waals surface area contributed by atoms with E-state index in [-0.39, 0.29) is 5.97 Å². The Kier molecular flexibility index (Phi) is 6.02. The molecule has 1 aliphatic heterocycles. The molecule has 0 radical (unpaired) electrons. The second kappa shape index (κ2) is 8.02. The summed E-state index contributed by atoms with van der Waals surface area (Å²) in [7, 11) is 1.40. The number of methoxy groups -OCH3 is 1. The normalized spacial score (nSPS) is 16.1. The van der Waals surface area contributed by atoms with E-state index < -0.39 is 0 Å². The van der Waals surface area contributed by atoms with Crippen LogP contribution in [-0.4, -0.2) is 32.8 Å². The standard InChI is InChI=1S/C16H23NO3/c1-19-16(18)15-5-3-2-4-14(15)12-20-11-8-13-6-9-17-10-7-13/h2-5,13,17H,6-12H2,1H3. The van der Waals surface area contributed by atoms with Gasteiger partial charge in [0.05, 0.1) is 19.3 Å². The Morgan fingerprint density at radius 1 is 1.30 bits per heavy atom. The SMILES string of the molecule is COC(=O)c1ccccc1COCCC1CCNCC1. The highest BCUT2D eigenvalue weighted by Gasteiger charge is 2.13. The Balaban J connectivity index is 1.77. The lowest BCUT2D eigenvalue weighted by Gasteiger charge is -2.22. The quantitative estimate of drug-likeness (QED) is 0.640. The van der Waals surface area contributed by atoms with Crippen LogP contribution in [0.15, 0.2) is 24.3 Å². The molecule has 1 saturated heterocycles. The fraction of sp³-hybridized carbons (Fsp3) is 0.562. The van der Waals surface area contributed by atoms with Crippen molar-refractivity contribution in [3.63, 3.8) is 0 Å². The van der Waals surface area contributed by atoms with Crippen LogP contribution >= 0.6 is 0 Å². The summed E-state index contributed by atoms with van der Waals surface area (Å²) in [5.74, 6) is 0.467. The molecule has 0 aromatic heterocycles. The van der Waals surface area contributed by atoms with Crippen molar-refractivity contribution in [3.05, 3.63) is 35.4 Å². The van der Waals surface area contributed by atoms with Crippen molar-refractivity contribution in [2.75, 3.05) is 26.8 Å². The summed E-state index contributed by atoms with van der Waals surface area (Å²) in [5, 5.41) is 3.37. The van der Waals surface area contributed by atoms with Gasteiger partial charge in [-0.25, -0.2) is 4.79 Å². The maximum absolute atomic E-state index is 11.6. The number of piperidine rings is 1. The van der Waals surface area contributed by atoms with Crippen molar-refractivity contribution in [2.45, 2.75) is 25.9 Å². The highest BCUT2D eigenvalue weighted by molar-refractivity contribution is 5.90. The lowest BCUT2D eigenvalue weighted by Crippen LogP contribution is -2.28. The fourth-order valence-electron chi connectivity index (χ4n) is 2.56. The van der Waals surface area contributed by atoms with Crippen molar-refractivity contribution < 1.29 is 14.3 Å². The van der Waals surface area contributed by atoms with E-state index in [1.54, 1.807) is 6.07 Å². The number of rotatable bonds is 6. The van der Waals surface area contributed by atoms with Gasteiger partial charge in [-0.1, -0.05) is 18.2 Å². The summed E-state index contributed by atoms with van der Waals surface area (Å²) < 4.78 is 10.5. The second-order valence-corrected chi connectivity index (χ2v) is 5.18. The summed E-state index contributed by atoms with van der Waals surface area (Å²) in [6.45, 7) is 3.46. The van der Waals surface area contributed by atoms with Crippen LogP contribution in [0.3, 0.4) is 0 Å². The van der Waals surface area contributed by atoms with Crippen LogP contribution in [0.2, 0.25) is 0 Å². The van der Waals surface area contributed by atoms with E-state index in [1.165, 1.54) is 20.0 Å². The second-order valence-electron chi connectivity index (χ2n) is 5.18. The van der Waals surface area contributed by atoms with Gasteiger partial charge in [0.1, 0.15) is 0 Å². The maximum Gasteiger partial charge on any atom is 0.338 e. The minimum Gasteiger partial charge on any atom is -0.465 e. The van der Waals surface area contributed by atoms with E-state index in [0.29, 0.717) is 12.2 Å². The van der Waals surface area contributed by atoms with E-state index in [0.717, 1.165) is 37.6 Å². The average Bonchev–Trinajstić information content (AvgIpc) is 2.52. The first-order valence-corrected chi connectivity index (χ1v) is 7.26. The summed E-state index contributed by atoms with van der Waals surface area (Å²) >= 11 is 0. The van der Waals surface area contributed by atoms with Gasteiger partial charge in [0.2, 0.25) is 0 Å². The summed E-state index contributed by atoms with van der Waals surface area (Å²) in [4.78, 5) is 11.6. The van der Waals surface area contributed by atoms with Crippen LogP contribution in [0.5, 0.6) is 0 Å². The van der Waals surface area contributed by atoms with Gasteiger partial charge < -0.3 is 14.8 Å². The highest BCUT2D eigenvalue weighted by Crippen LogP contribution is 2.17. The van der Waals surface area contributed by atoms with E-state index in [9.17, 15) is 4.79 Å². The molecule has 1 aromatic carbocycles. The predicted molar refractivity (Wildman–Crippen MR) is 77.6 cm³/mol. The number of hydrogen-bond donors (Lipinski definition) is 1. The molecule has 1 N–H and O–H groups in total. The molecule has 0 unspecified atom stereocenters. The third-order valence-electron chi connectivity index (χ3n) is 3.81. The smallest absolute Gasteiger partial charge is 0.338 e. The number of esters is 1. The molecular weight excluding hydrogens is 254 g/mol. The number of hydrogen-bond acceptors (Lipinski definition) is 4. The van der Waals surface area contributed by atoms with Gasteiger partial charge in [-0.3, -0.25) is 0 Å². The van der Waals surface area contributed by atoms with Crippen LogP contribution in [0.25, 0.3) is 0 Å². The Morgan fingerprint density at radius 3 is 2.80 bits per heavy atom. The summed E-state index contributed by atoms with van der Waals surface area (Å²) in [6.07, 6.45) is 3.58. The van der Waals surface area contributed by atoms with E-state index >= 15 is 0 Å². The number of benzene rings is 1. The largest absolute Gasteiger partial charge is 0.465 e. The number of carbonyl (C=O) groups excluding carboxylic acids is 1. The first kappa shape index (κ1) is 15.0. The molecule has 4 nitrogen and oxygen atoms in total. The topological polar surface area (TPSA) is 47.6 Å². The van der Waals surface area contributed by atoms with Gasteiger partial charge in [0.15, 0.2) is 0 Å². The molecule has 2 rings (SSSR count). The first-order valence-electron chi connectivity index (χ1n) is 7.26. The van der Waals surface area contributed by atoms with Crippen LogP contribution in [0.1, 0.15) is 35.2 Å². The van der Waals surface area contributed by atoms with Gasteiger partial charge >= 0.3 is 5.97 Å². The predicted octanol–water partition coefficient (Wildman–Crippen LogP) is 2.38. The van der Waals surface area contributed by atoms with Crippen LogP contribution < -0.4 is 5.32 Å². The highest BCUT2D eigenvalue weighted by atomic mass is 16.5. The maximum atomic E-state index is 11.6. The lowest BCUT2D eigenvalue weighted by molar-refractivity contribution is 0.0589. The molecule has 20 heavy (non-hydrogen) atoms. The minimum atomic E-state index is -0.303. The Labute approximate surface area is 120 Å². The van der Waals surface area contributed by atoms with E-state index in [2.05, 4.69) is 5.32 Å². The van der Waals surface area contributed by atoms with Crippen LogP contribution in [0.4, 0.5) is 0 Å². The zero-order chi connectivity index (χ0) is 14.2. The third kappa shape index (κ3) is 4.32.